The molecule has 4 nitrogen and oxygen atoms in total. The van der Waals surface area contributed by atoms with E-state index in [1.807, 2.05) is 0 Å². The first kappa shape index (κ1) is 12.9. The van der Waals surface area contributed by atoms with Crippen molar-refractivity contribution in [3.63, 3.8) is 0 Å². The molecule has 0 aliphatic carbocycles. The van der Waals surface area contributed by atoms with Crippen LogP contribution in [0.3, 0.4) is 0 Å². The Labute approximate surface area is 109 Å². The molecule has 0 bridgehead atoms. The third kappa shape index (κ3) is 3.43. The lowest BCUT2D eigenvalue weighted by Gasteiger charge is -2.24. The largest absolute Gasteiger partial charge is 0.481 e. The molecule has 0 spiro atoms. The molecule has 2 heterocycles. The Morgan fingerprint density at radius 3 is 3.18 bits per heavy atom. The highest BCUT2D eigenvalue weighted by Gasteiger charge is 2.20. The van der Waals surface area contributed by atoms with E-state index in [1.165, 1.54) is 28.8 Å². The Balaban J connectivity index is 1.99. The maximum atomic E-state index is 10.5. The van der Waals surface area contributed by atoms with Crippen LogP contribution < -0.4 is 0 Å². The Kier molecular flexibility index (Phi) is 4.42. The van der Waals surface area contributed by atoms with Crippen molar-refractivity contribution in [2.24, 2.45) is 0 Å². The van der Waals surface area contributed by atoms with Gasteiger partial charge in [-0.3, -0.25) is 9.69 Å². The molecular formula is C11H16N2O2S2. The predicted octanol–water partition coefficient (Wildman–Crippen LogP) is 2.09. The lowest BCUT2D eigenvalue weighted by atomic mass is 10.2. The third-order valence-electron chi connectivity index (χ3n) is 2.65. The van der Waals surface area contributed by atoms with Crippen LogP contribution in [0.1, 0.15) is 23.9 Å². The number of rotatable bonds is 5. The van der Waals surface area contributed by atoms with Crippen LogP contribution in [0.15, 0.2) is 4.34 Å². The second-order valence-electron chi connectivity index (χ2n) is 4.06. The molecule has 0 fully saturated rings. The summed E-state index contributed by atoms with van der Waals surface area (Å²) in [6, 6.07) is 0. The van der Waals surface area contributed by atoms with Gasteiger partial charge in [-0.25, -0.2) is 4.98 Å². The number of nitrogens with zero attached hydrogens (tertiary/aromatic N) is 2. The maximum absolute atomic E-state index is 10.5. The van der Waals surface area contributed by atoms with Crippen LogP contribution in [-0.4, -0.2) is 39.8 Å². The highest BCUT2D eigenvalue weighted by atomic mass is 32.2. The highest BCUT2D eigenvalue weighted by Crippen LogP contribution is 2.31. The maximum Gasteiger partial charge on any atom is 0.313 e. The molecule has 1 N–H and O–H groups in total. The summed E-state index contributed by atoms with van der Waals surface area (Å²) in [5.41, 5.74) is 1.18. The zero-order valence-electron chi connectivity index (χ0n) is 9.81. The average molecular weight is 272 g/mol. The fourth-order valence-electron chi connectivity index (χ4n) is 1.92. The molecule has 2 rings (SSSR count). The Morgan fingerprint density at radius 1 is 1.65 bits per heavy atom. The summed E-state index contributed by atoms with van der Waals surface area (Å²) in [4.78, 5) is 18.8. The zero-order chi connectivity index (χ0) is 12.3. The van der Waals surface area contributed by atoms with Crippen LogP contribution in [0, 0.1) is 0 Å². The van der Waals surface area contributed by atoms with Gasteiger partial charge in [0.1, 0.15) is 0 Å². The monoisotopic (exact) mass is 272 g/mol. The fourth-order valence-corrected chi connectivity index (χ4v) is 3.93. The molecule has 0 aromatic carbocycles. The molecule has 0 saturated heterocycles. The normalized spacial score (nSPS) is 15.8. The van der Waals surface area contributed by atoms with Crippen LogP contribution in [0.4, 0.5) is 0 Å². The van der Waals surface area contributed by atoms with Crippen LogP contribution >= 0.6 is 23.1 Å². The molecule has 1 aromatic rings. The Bertz CT molecular complexity index is 406. The van der Waals surface area contributed by atoms with Crippen molar-refractivity contribution >= 4 is 29.1 Å². The lowest BCUT2D eigenvalue weighted by Crippen LogP contribution is -2.30. The number of carboxylic acids is 1. The van der Waals surface area contributed by atoms with E-state index in [9.17, 15) is 4.79 Å². The summed E-state index contributed by atoms with van der Waals surface area (Å²) in [5.74, 6) is -0.679. The minimum atomic E-state index is -0.782. The van der Waals surface area contributed by atoms with Gasteiger partial charge in [0.15, 0.2) is 4.34 Å². The van der Waals surface area contributed by atoms with E-state index in [0.717, 1.165) is 30.4 Å². The van der Waals surface area contributed by atoms with Gasteiger partial charge >= 0.3 is 5.97 Å². The number of fused-ring (bicyclic) bond motifs is 1. The molecule has 6 heteroatoms. The lowest BCUT2D eigenvalue weighted by molar-refractivity contribution is -0.133. The van der Waals surface area contributed by atoms with Gasteiger partial charge in [-0.2, -0.15) is 0 Å². The number of carbonyl (C=O) groups is 1. The van der Waals surface area contributed by atoms with E-state index in [1.54, 1.807) is 11.3 Å². The molecule has 1 aromatic heterocycles. The highest BCUT2D eigenvalue weighted by molar-refractivity contribution is 8.01. The van der Waals surface area contributed by atoms with Crippen molar-refractivity contribution in [3.05, 3.63) is 10.6 Å². The Hall–Kier alpha value is -0.590. The molecule has 17 heavy (non-hydrogen) atoms. The number of hydrogen-bond acceptors (Lipinski definition) is 5. The molecule has 0 unspecified atom stereocenters. The second-order valence-corrected chi connectivity index (χ2v) is 6.36. The summed E-state index contributed by atoms with van der Waals surface area (Å²) < 4.78 is 0.899. The van der Waals surface area contributed by atoms with E-state index in [-0.39, 0.29) is 5.75 Å². The predicted molar refractivity (Wildman–Crippen MR) is 69.7 cm³/mol. The van der Waals surface area contributed by atoms with Gasteiger partial charge < -0.3 is 5.11 Å². The molecular weight excluding hydrogens is 256 g/mol. The molecule has 0 saturated carbocycles. The van der Waals surface area contributed by atoms with E-state index in [2.05, 4.69) is 16.8 Å². The van der Waals surface area contributed by atoms with E-state index < -0.39 is 5.97 Å². The van der Waals surface area contributed by atoms with Crippen molar-refractivity contribution in [3.8, 4) is 0 Å². The van der Waals surface area contributed by atoms with Gasteiger partial charge in [0, 0.05) is 24.4 Å². The van der Waals surface area contributed by atoms with E-state index in [4.69, 9.17) is 5.11 Å². The first-order chi connectivity index (χ1) is 8.19. The number of thiazole rings is 1. The first-order valence-corrected chi connectivity index (χ1v) is 7.54. The number of hydrogen-bond donors (Lipinski definition) is 1. The van der Waals surface area contributed by atoms with Crippen molar-refractivity contribution in [2.75, 3.05) is 18.8 Å². The number of carboxylic acid groups (broad SMARTS) is 1. The van der Waals surface area contributed by atoms with Crippen molar-refractivity contribution in [2.45, 2.75) is 30.6 Å². The average Bonchev–Trinajstić information content (AvgIpc) is 2.69. The summed E-state index contributed by atoms with van der Waals surface area (Å²) >= 11 is 2.98. The Morgan fingerprint density at radius 2 is 2.47 bits per heavy atom. The molecule has 0 radical (unpaired) electrons. The number of thioether (sulfide) groups is 1. The summed E-state index contributed by atoms with van der Waals surface area (Å²) in [6.07, 6.45) is 2.17. The quantitative estimate of drug-likeness (QED) is 0.832. The van der Waals surface area contributed by atoms with Crippen molar-refractivity contribution in [1.82, 2.24) is 9.88 Å². The number of aliphatic carboxylic acids is 1. The van der Waals surface area contributed by atoms with Crippen LogP contribution in [0.2, 0.25) is 0 Å². The van der Waals surface area contributed by atoms with Crippen LogP contribution in [0.25, 0.3) is 0 Å². The van der Waals surface area contributed by atoms with E-state index >= 15 is 0 Å². The van der Waals surface area contributed by atoms with Gasteiger partial charge in [0.05, 0.1) is 11.4 Å². The summed E-state index contributed by atoms with van der Waals surface area (Å²) in [7, 11) is 0. The van der Waals surface area contributed by atoms with Crippen molar-refractivity contribution in [1.29, 1.82) is 0 Å². The van der Waals surface area contributed by atoms with Gasteiger partial charge in [0.25, 0.3) is 0 Å². The smallest absolute Gasteiger partial charge is 0.313 e. The second kappa shape index (κ2) is 5.84. The molecule has 0 amide bonds. The first-order valence-electron chi connectivity index (χ1n) is 5.74. The van der Waals surface area contributed by atoms with Gasteiger partial charge in [0.2, 0.25) is 0 Å². The van der Waals surface area contributed by atoms with Crippen LogP contribution in [-0.2, 0) is 17.8 Å². The summed E-state index contributed by atoms with van der Waals surface area (Å²) in [5, 5.41) is 8.64. The molecule has 1 aliphatic rings. The molecule has 94 valence electrons. The summed E-state index contributed by atoms with van der Waals surface area (Å²) in [6.45, 7) is 5.38. The van der Waals surface area contributed by atoms with Gasteiger partial charge in [-0.15, -0.1) is 11.3 Å². The minimum Gasteiger partial charge on any atom is -0.481 e. The third-order valence-corrected chi connectivity index (χ3v) is 4.86. The van der Waals surface area contributed by atoms with Gasteiger partial charge in [-0.1, -0.05) is 18.7 Å². The molecule has 1 aliphatic heterocycles. The standard InChI is InChI=1S/C11H16N2O2S2/c1-2-4-13-5-3-8-9(6-13)17-11(12-8)16-7-10(14)15/h2-7H2,1H3,(H,14,15). The van der Waals surface area contributed by atoms with Crippen LogP contribution in [0.5, 0.6) is 0 Å². The SMILES string of the molecule is CCCN1CCc2nc(SCC(=O)O)sc2C1. The van der Waals surface area contributed by atoms with E-state index in [0.29, 0.717) is 0 Å². The van der Waals surface area contributed by atoms with Crippen molar-refractivity contribution < 1.29 is 9.90 Å². The number of aromatic nitrogens is 1. The zero-order valence-corrected chi connectivity index (χ0v) is 11.4. The minimum absolute atomic E-state index is 0.102. The topological polar surface area (TPSA) is 53.4 Å². The van der Waals surface area contributed by atoms with Gasteiger partial charge in [-0.05, 0) is 13.0 Å². The fraction of sp³-hybridized carbons (Fsp3) is 0.636. The molecule has 0 atom stereocenters.